The monoisotopic (exact) mass is 247 g/mol. The van der Waals surface area contributed by atoms with Gasteiger partial charge in [-0.3, -0.25) is 4.79 Å². The molecule has 1 saturated carbocycles. The fraction of sp³-hybridized carbons (Fsp3) is 0.533. The first-order chi connectivity index (χ1) is 8.60. The summed E-state index contributed by atoms with van der Waals surface area (Å²) in [6, 6.07) is 5.84. The lowest BCUT2D eigenvalue weighted by molar-refractivity contribution is 0.0827. The summed E-state index contributed by atoms with van der Waals surface area (Å²) in [6.45, 7) is 2.87. The Hall–Kier alpha value is -1.51. The standard InChI is InChI=1S/C15H21NO2/c1-4-11-7-13(15(17)16(2)3)9-14(8-11)18-10-12-5-6-12/h7-9,12H,4-6,10H2,1-3H3. The molecule has 0 radical (unpaired) electrons. The minimum atomic E-state index is 0.0292. The molecule has 0 bridgehead atoms. The van der Waals surface area contributed by atoms with Crippen molar-refractivity contribution < 1.29 is 9.53 Å². The minimum absolute atomic E-state index is 0.0292. The number of carbonyl (C=O) groups is 1. The summed E-state index contributed by atoms with van der Waals surface area (Å²) in [5, 5.41) is 0. The van der Waals surface area contributed by atoms with E-state index in [9.17, 15) is 4.79 Å². The summed E-state index contributed by atoms with van der Waals surface area (Å²) < 4.78 is 5.77. The molecule has 1 amide bonds. The van der Waals surface area contributed by atoms with Crippen molar-refractivity contribution in [2.45, 2.75) is 26.2 Å². The molecule has 0 spiro atoms. The molecule has 0 saturated heterocycles. The normalized spacial score (nSPS) is 14.4. The van der Waals surface area contributed by atoms with E-state index in [1.54, 1.807) is 19.0 Å². The average Bonchev–Trinajstić information content (AvgIpc) is 3.18. The third-order valence-electron chi connectivity index (χ3n) is 3.21. The Morgan fingerprint density at radius 3 is 2.61 bits per heavy atom. The van der Waals surface area contributed by atoms with Gasteiger partial charge in [0.1, 0.15) is 5.75 Å². The van der Waals surface area contributed by atoms with Crippen molar-refractivity contribution in [2.24, 2.45) is 5.92 Å². The third kappa shape index (κ3) is 3.25. The lowest BCUT2D eigenvalue weighted by Gasteiger charge is -2.13. The Balaban J connectivity index is 2.17. The van der Waals surface area contributed by atoms with Crippen molar-refractivity contribution in [3.8, 4) is 5.75 Å². The predicted molar refractivity (Wildman–Crippen MR) is 72.1 cm³/mol. The molecule has 2 rings (SSSR count). The molecule has 1 aliphatic rings. The van der Waals surface area contributed by atoms with Crippen molar-refractivity contribution in [2.75, 3.05) is 20.7 Å². The molecule has 0 unspecified atom stereocenters. The number of hydrogen-bond acceptors (Lipinski definition) is 2. The third-order valence-corrected chi connectivity index (χ3v) is 3.21. The second kappa shape index (κ2) is 5.42. The Morgan fingerprint density at radius 2 is 2.06 bits per heavy atom. The van der Waals surface area contributed by atoms with Gasteiger partial charge in [-0.15, -0.1) is 0 Å². The molecule has 0 N–H and O–H groups in total. The summed E-state index contributed by atoms with van der Waals surface area (Å²) in [7, 11) is 3.54. The summed E-state index contributed by atoms with van der Waals surface area (Å²) in [5.41, 5.74) is 1.86. The number of amides is 1. The Morgan fingerprint density at radius 1 is 1.33 bits per heavy atom. The quantitative estimate of drug-likeness (QED) is 0.800. The topological polar surface area (TPSA) is 29.5 Å². The molecular weight excluding hydrogens is 226 g/mol. The number of rotatable bonds is 5. The van der Waals surface area contributed by atoms with Crippen LogP contribution in [0.15, 0.2) is 18.2 Å². The number of benzene rings is 1. The maximum absolute atomic E-state index is 12.0. The van der Waals surface area contributed by atoms with Gasteiger partial charge in [-0.05, 0) is 48.9 Å². The van der Waals surface area contributed by atoms with Crippen LogP contribution in [0.1, 0.15) is 35.7 Å². The number of carbonyl (C=O) groups excluding carboxylic acids is 1. The second-order valence-corrected chi connectivity index (χ2v) is 5.17. The van der Waals surface area contributed by atoms with E-state index in [1.165, 1.54) is 12.8 Å². The Bertz CT molecular complexity index is 436. The number of aryl methyl sites for hydroxylation is 1. The number of ether oxygens (including phenoxy) is 1. The number of hydrogen-bond donors (Lipinski definition) is 0. The highest BCUT2D eigenvalue weighted by Crippen LogP contribution is 2.30. The first-order valence-electron chi connectivity index (χ1n) is 6.58. The van der Waals surface area contributed by atoms with E-state index >= 15 is 0 Å². The lowest BCUT2D eigenvalue weighted by atomic mass is 10.1. The van der Waals surface area contributed by atoms with Crippen molar-refractivity contribution in [3.05, 3.63) is 29.3 Å². The van der Waals surface area contributed by atoms with Gasteiger partial charge in [0.2, 0.25) is 0 Å². The van der Waals surface area contributed by atoms with Crippen molar-refractivity contribution in [3.63, 3.8) is 0 Å². The van der Waals surface area contributed by atoms with Crippen molar-refractivity contribution in [1.29, 1.82) is 0 Å². The van der Waals surface area contributed by atoms with Gasteiger partial charge in [0.15, 0.2) is 0 Å². The maximum atomic E-state index is 12.0. The summed E-state index contributed by atoms with van der Waals surface area (Å²) in [5.74, 6) is 1.58. The molecule has 3 nitrogen and oxygen atoms in total. The molecule has 3 heteroatoms. The van der Waals surface area contributed by atoms with E-state index in [0.29, 0.717) is 5.56 Å². The van der Waals surface area contributed by atoms with E-state index in [2.05, 4.69) is 6.92 Å². The van der Waals surface area contributed by atoms with E-state index < -0.39 is 0 Å². The molecule has 0 heterocycles. The molecule has 0 aliphatic heterocycles. The van der Waals surface area contributed by atoms with E-state index in [4.69, 9.17) is 4.74 Å². The number of nitrogens with zero attached hydrogens (tertiary/aromatic N) is 1. The van der Waals surface area contributed by atoms with Gasteiger partial charge in [0, 0.05) is 19.7 Å². The maximum Gasteiger partial charge on any atom is 0.253 e. The summed E-state index contributed by atoms with van der Waals surface area (Å²) >= 11 is 0. The average molecular weight is 247 g/mol. The largest absolute Gasteiger partial charge is 0.493 e. The van der Waals surface area contributed by atoms with Gasteiger partial charge in [-0.2, -0.15) is 0 Å². The first-order valence-corrected chi connectivity index (χ1v) is 6.58. The summed E-state index contributed by atoms with van der Waals surface area (Å²) in [6.07, 6.45) is 3.46. The van der Waals surface area contributed by atoms with Crippen LogP contribution in [0.4, 0.5) is 0 Å². The van der Waals surface area contributed by atoms with Crippen molar-refractivity contribution in [1.82, 2.24) is 4.90 Å². The van der Waals surface area contributed by atoms with Crippen LogP contribution in [0.25, 0.3) is 0 Å². The van der Waals surface area contributed by atoms with Gasteiger partial charge < -0.3 is 9.64 Å². The van der Waals surface area contributed by atoms with Gasteiger partial charge in [-0.25, -0.2) is 0 Å². The zero-order valence-corrected chi connectivity index (χ0v) is 11.4. The first kappa shape index (κ1) is 12.9. The molecule has 0 aromatic heterocycles. The molecule has 1 aliphatic carbocycles. The molecule has 1 fully saturated rings. The molecule has 1 aromatic carbocycles. The molecular formula is C15H21NO2. The molecule has 18 heavy (non-hydrogen) atoms. The van der Waals surface area contributed by atoms with Gasteiger partial charge in [0.25, 0.3) is 5.91 Å². The summed E-state index contributed by atoms with van der Waals surface area (Å²) in [4.78, 5) is 13.6. The van der Waals surface area contributed by atoms with Crippen LogP contribution in [-0.2, 0) is 6.42 Å². The molecule has 0 atom stereocenters. The van der Waals surface area contributed by atoms with Crippen LogP contribution < -0.4 is 4.74 Å². The lowest BCUT2D eigenvalue weighted by Crippen LogP contribution is -2.21. The highest BCUT2D eigenvalue weighted by molar-refractivity contribution is 5.94. The Labute approximate surface area is 109 Å². The van der Waals surface area contributed by atoms with Crippen LogP contribution in [0.5, 0.6) is 5.75 Å². The van der Waals surface area contributed by atoms with Crippen molar-refractivity contribution >= 4 is 5.91 Å². The van der Waals surface area contributed by atoms with E-state index in [1.807, 2.05) is 18.2 Å². The fourth-order valence-corrected chi connectivity index (χ4v) is 1.83. The highest BCUT2D eigenvalue weighted by atomic mass is 16.5. The van der Waals surface area contributed by atoms with Crippen LogP contribution in [0, 0.1) is 5.92 Å². The SMILES string of the molecule is CCc1cc(OCC2CC2)cc(C(=O)N(C)C)c1. The smallest absolute Gasteiger partial charge is 0.253 e. The zero-order chi connectivity index (χ0) is 13.1. The second-order valence-electron chi connectivity index (χ2n) is 5.17. The van der Waals surface area contributed by atoms with Crippen LogP contribution in [0.2, 0.25) is 0 Å². The zero-order valence-electron chi connectivity index (χ0n) is 11.4. The minimum Gasteiger partial charge on any atom is -0.493 e. The van der Waals surface area contributed by atoms with E-state index in [-0.39, 0.29) is 5.91 Å². The predicted octanol–water partition coefficient (Wildman–Crippen LogP) is 2.74. The van der Waals surface area contributed by atoms with Gasteiger partial charge in [0.05, 0.1) is 6.61 Å². The van der Waals surface area contributed by atoms with Gasteiger partial charge in [-0.1, -0.05) is 6.92 Å². The highest BCUT2D eigenvalue weighted by Gasteiger charge is 2.22. The van der Waals surface area contributed by atoms with E-state index in [0.717, 1.165) is 30.3 Å². The fourth-order valence-electron chi connectivity index (χ4n) is 1.83. The van der Waals surface area contributed by atoms with Crippen LogP contribution in [-0.4, -0.2) is 31.5 Å². The van der Waals surface area contributed by atoms with Gasteiger partial charge >= 0.3 is 0 Å². The molecule has 98 valence electrons. The molecule has 1 aromatic rings. The Kier molecular flexibility index (Phi) is 3.90. The van der Waals surface area contributed by atoms with Crippen LogP contribution >= 0.6 is 0 Å². The van der Waals surface area contributed by atoms with Crippen LogP contribution in [0.3, 0.4) is 0 Å².